The molecule has 0 amide bonds. The minimum Gasteiger partial charge on any atom is -0.382 e. The first-order chi connectivity index (χ1) is 7.59. The van der Waals surface area contributed by atoms with Crippen molar-refractivity contribution in [1.29, 1.82) is 0 Å². The summed E-state index contributed by atoms with van der Waals surface area (Å²) in [5.41, 5.74) is 7.33. The Morgan fingerprint density at radius 3 is 2.75 bits per heavy atom. The molecule has 0 aliphatic heterocycles. The van der Waals surface area contributed by atoms with E-state index in [4.69, 9.17) is 17.3 Å². The molecular formula is C11H9ClFN3. The Morgan fingerprint density at radius 2 is 2.06 bits per heavy atom. The fourth-order valence-electron chi connectivity index (χ4n) is 1.38. The number of halogens is 2. The molecule has 0 saturated carbocycles. The van der Waals surface area contributed by atoms with Crippen LogP contribution in [-0.2, 0) is 0 Å². The molecular weight excluding hydrogens is 229 g/mol. The Hall–Kier alpha value is -1.68. The lowest BCUT2D eigenvalue weighted by Gasteiger charge is -2.06. The van der Waals surface area contributed by atoms with E-state index in [-0.39, 0.29) is 16.7 Å². The number of benzene rings is 1. The van der Waals surface area contributed by atoms with Crippen LogP contribution in [0.2, 0.25) is 5.02 Å². The van der Waals surface area contributed by atoms with Gasteiger partial charge in [-0.3, -0.25) is 0 Å². The predicted molar refractivity (Wildman–Crippen MR) is 61.6 cm³/mol. The van der Waals surface area contributed by atoms with Crippen molar-refractivity contribution in [2.75, 3.05) is 5.73 Å². The topological polar surface area (TPSA) is 51.8 Å². The van der Waals surface area contributed by atoms with Crippen molar-refractivity contribution < 1.29 is 4.39 Å². The number of nitrogens with two attached hydrogens (primary N) is 1. The molecule has 0 radical (unpaired) electrons. The fourth-order valence-corrected chi connectivity index (χ4v) is 1.58. The van der Waals surface area contributed by atoms with Crippen LogP contribution in [0.4, 0.5) is 10.2 Å². The summed E-state index contributed by atoms with van der Waals surface area (Å²) in [5.74, 6) is -0.0458. The van der Waals surface area contributed by atoms with Crippen LogP contribution in [0.15, 0.2) is 24.5 Å². The Labute approximate surface area is 97.1 Å². The highest BCUT2D eigenvalue weighted by Crippen LogP contribution is 2.29. The molecule has 1 aromatic carbocycles. The first-order valence-electron chi connectivity index (χ1n) is 4.62. The average molecular weight is 238 g/mol. The Morgan fingerprint density at radius 1 is 1.31 bits per heavy atom. The van der Waals surface area contributed by atoms with E-state index in [9.17, 15) is 4.39 Å². The molecule has 0 unspecified atom stereocenters. The van der Waals surface area contributed by atoms with Gasteiger partial charge in [0.2, 0.25) is 0 Å². The molecule has 0 aliphatic carbocycles. The van der Waals surface area contributed by atoms with Crippen molar-refractivity contribution in [1.82, 2.24) is 9.97 Å². The molecule has 0 aliphatic rings. The third-order valence-corrected chi connectivity index (χ3v) is 2.62. The van der Waals surface area contributed by atoms with Crippen LogP contribution in [0.3, 0.4) is 0 Å². The molecule has 0 saturated heterocycles. The first kappa shape index (κ1) is 10.8. The largest absolute Gasteiger partial charge is 0.382 e. The second kappa shape index (κ2) is 4.06. The maximum atomic E-state index is 13.1. The zero-order chi connectivity index (χ0) is 11.7. The summed E-state index contributed by atoms with van der Waals surface area (Å²) in [4.78, 5) is 7.80. The standard InChI is InChI=1S/C11H9ClFN3/c1-6-4-7(2-3-8(6)13)10-9(12)11(14)16-5-15-10/h2-5H,1H3,(H2,14,15,16). The minimum atomic E-state index is -0.262. The van der Waals surface area contributed by atoms with Crippen molar-refractivity contribution in [3.05, 3.63) is 40.9 Å². The molecule has 2 N–H and O–H groups in total. The molecule has 82 valence electrons. The number of nitrogen functional groups attached to an aromatic ring is 1. The van der Waals surface area contributed by atoms with Crippen molar-refractivity contribution in [3.8, 4) is 11.3 Å². The van der Waals surface area contributed by atoms with Gasteiger partial charge in [-0.15, -0.1) is 0 Å². The van der Waals surface area contributed by atoms with Gasteiger partial charge in [0, 0.05) is 5.56 Å². The summed E-state index contributed by atoms with van der Waals surface area (Å²) in [5, 5.41) is 0.286. The molecule has 0 fully saturated rings. The highest BCUT2D eigenvalue weighted by molar-refractivity contribution is 6.35. The second-order valence-corrected chi connectivity index (χ2v) is 3.76. The maximum Gasteiger partial charge on any atom is 0.146 e. The summed E-state index contributed by atoms with van der Waals surface area (Å²) >= 11 is 5.98. The fraction of sp³-hybridized carbons (Fsp3) is 0.0909. The molecule has 0 atom stereocenters. The maximum absolute atomic E-state index is 13.1. The van der Waals surface area contributed by atoms with E-state index in [1.165, 1.54) is 12.4 Å². The summed E-state index contributed by atoms with van der Waals surface area (Å²) in [6.45, 7) is 1.68. The zero-order valence-electron chi connectivity index (χ0n) is 8.54. The number of hydrogen-bond acceptors (Lipinski definition) is 3. The smallest absolute Gasteiger partial charge is 0.146 e. The van der Waals surface area contributed by atoms with Crippen LogP contribution in [0.5, 0.6) is 0 Å². The first-order valence-corrected chi connectivity index (χ1v) is 5.00. The van der Waals surface area contributed by atoms with Gasteiger partial charge >= 0.3 is 0 Å². The van der Waals surface area contributed by atoms with Gasteiger partial charge in [0.1, 0.15) is 23.0 Å². The average Bonchev–Trinajstić information content (AvgIpc) is 2.26. The molecule has 16 heavy (non-hydrogen) atoms. The number of anilines is 1. The summed E-state index contributed by atoms with van der Waals surface area (Å²) in [6, 6.07) is 4.65. The lowest BCUT2D eigenvalue weighted by molar-refractivity contribution is 0.619. The number of hydrogen-bond donors (Lipinski definition) is 1. The van der Waals surface area contributed by atoms with Crippen molar-refractivity contribution in [2.24, 2.45) is 0 Å². The Balaban J connectivity index is 2.59. The molecule has 1 aromatic heterocycles. The zero-order valence-corrected chi connectivity index (χ0v) is 9.29. The quantitative estimate of drug-likeness (QED) is 0.830. The van der Waals surface area contributed by atoms with Gasteiger partial charge in [-0.1, -0.05) is 11.6 Å². The molecule has 3 nitrogen and oxygen atoms in total. The van der Waals surface area contributed by atoms with E-state index in [2.05, 4.69) is 9.97 Å². The van der Waals surface area contributed by atoms with Crippen LogP contribution in [0.25, 0.3) is 11.3 Å². The molecule has 2 rings (SSSR count). The van der Waals surface area contributed by atoms with Crippen molar-refractivity contribution in [2.45, 2.75) is 6.92 Å². The lowest BCUT2D eigenvalue weighted by Crippen LogP contribution is -1.96. The van der Waals surface area contributed by atoms with E-state index in [1.54, 1.807) is 19.1 Å². The van der Waals surface area contributed by atoms with Crippen LogP contribution in [-0.4, -0.2) is 9.97 Å². The number of aromatic nitrogens is 2. The van der Waals surface area contributed by atoms with Crippen LogP contribution in [0, 0.1) is 12.7 Å². The minimum absolute atomic E-state index is 0.216. The second-order valence-electron chi connectivity index (χ2n) is 3.39. The van der Waals surface area contributed by atoms with Gasteiger partial charge in [-0.05, 0) is 30.7 Å². The van der Waals surface area contributed by atoms with Crippen LogP contribution in [0.1, 0.15) is 5.56 Å². The highest BCUT2D eigenvalue weighted by atomic mass is 35.5. The number of nitrogens with zero attached hydrogens (tertiary/aromatic N) is 2. The van der Waals surface area contributed by atoms with Gasteiger partial charge in [0.25, 0.3) is 0 Å². The van der Waals surface area contributed by atoms with Crippen molar-refractivity contribution in [3.63, 3.8) is 0 Å². The predicted octanol–water partition coefficient (Wildman–Crippen LogP) is 2.83. The highest BCUT2D eigenvalue weighted by Gasteiger charge is 2.09. The lowest BCUT2D eigenvalue weighted by atomic mass is 10.1. The number of rotatable bonds is 1. The monoisotopic (exact) mass is 237 g/mol. The summed E-state index contributed by atoms with van der Waals surface area (Å²) < 4.78 is 13.1. The summed E-state index contributed by atoms with van der Waals surface area (Å²) in [7, 11) is 0. The SMILES string of the molecule is Cc1cc(-c2ncnc(N)c2Cl)ccc1F. The Bertz CT molecular complexity index is 543. The van der Waals surface area contributed by atoms with E-state index in [0.29, 0.717) is 11.3 Å². The summed E-state index contributed by atoms with van der Waals surface area (Å²) in [6.07, 6.45) is 1.33. The Kier molecular flexibility index (Phi) is 2.75. The van der Waals surface area contributed by atoms with E-state index in [0.717, 1.165) is 5.56 Å². The van der Waals surface area contributed by atoms with Gasteiger partial charge < -0.3 is 5.73 Å². The third kappa shape index (κ3) is 1.84. The van der Waals surface area contributed by atoms with Gasteiger partial charge in [0.15, 0.2) is 0 Å². The molecule has 1 heterocycles. The molecule has 0 spiro atoms. The van der Waals surface area contributed by atoms with Crippen LogP contribution >= 0.6 is 11.6 Å². The van der Waals surface area contributed by atoms with Gasteiger partial charge in [0.05, 0.1) is 5.69 Å². The van der Waals surface area contributed by atoms with Gasteiger partial charge in [-0.2, -0.15) is 0 Å². The molecule has 5 heteroatoms. The normalized spacial score (nSPS) is 10.4. The van der Waals surface area contributed by atoms with E-state index >= 15 is 0 Å². The third-order valence-electron chi connectivity index (χ3n) is 2.25. The van der Waals surface area contributed by atoms with E-state index < -0.39 is 0 Å². The van der Waals surface area contributed by atoms with Crippen molar-refractivity contribution >= 4 is 17.4 Å². The van der Waals surface area contributed by atoms with Gasteiger partial charge in [-0.25, -0.2) is 14.4 Å². The molecule has 0 bridgehead atoms. The number of aryl methyl sites for hydroxylation is 1. The van der Waals surface area contributed by atoms with E-state index in [1.807, 2.05) is 0 Å². The molecule has 2 aromatic rings. The van der Waals surface area contributed by atoms with Crippen LogP contribution < -0.4 is 5.73 Å².